The minimum Gasteiger partial charge on any atom is -0.386 e. The van der Waals surface area contributed by atoms with Crippen molar-refractivity contribution in [2.45, 2.75) is 76.3 Å². The van der Waals surface area contributed by atoms with Crippen molar-refractivity contribution < 1.29 is 19.2 Å². The van der Waals surface area contributed by atoms with E-state index in [1.165, 1.54) is 34.2 Å². The first-order valence-corrected chi connectivity index (χ1v) is 22.5. The van der Waals surface area contributed by atoms with Gasteiger partial charge in [-0.3, -0.25) is 28.5 Å². The summed E-state index contributed by atoms with van der Waals surface area (Å²) in [6, 6.07) is 15.7. The van der Waals surface area contributed by atoms with E-state index in [2.05, 4.69) is 45.4 Å². The number of carbonyl (C=O) groups excluding carboxylic acids is 4. The number of amides is 4. The molecule has 2 saturated carbocycles. The van der Waals surface area contributed by atoms with Gasteiger partial charge in [0.25, 0.3) is 11.8 Å². The number of nitrogen functional groups attached to an aromatic ring is 2. The summed E-state index contributed by atoms with van der Waals surface area (Å²) in [6.45, 7) is 5.21. The van der Waals surface area contributed by atoms with Crippen molar-refractivity contribution in [1.29, 1.82) is 0 Å². The molecule has 2 aromatic carbocycles. The second-order valence-corrected chi connectivity index (χ2v) is 17.3. The van der Waals surface area contributed by atoms with Crippen LogP contribution in [0, 0.1) is 5.92 Å². The summed E-state index contributed by atoms with van der Waals surface area (Å²) in [4.78, 5) is 79.3. The van der Waals surface area contributed by atoms with Crippen LogP contribution >= 0.6 is 0 Å². The summed E-state index contributed by atoms with van der Waals surface area (Å²) in [5.41, 5.74) is 29.0. The third-order valence-corrected chi connectivity index (χ3v) is 13.1. The standard InChI is InChI=1S/C48H54N16O4/c1-3-62(4-2)40(66)29-64-27-36(25-59-64)42(68)61-44(50)48(38-12-8-32(9-13-38)34-22-56-46(52)57-23-34)18-30(19-48)14-17-53-39(65)28-63-26-35(24-58-63)41(67)60-43(49)47(15-5-16-47)37-10-6-31(7-11-37)33-20-54-45(51)55-21-33/h6-13,20-27,30H,3-5,14-19,28-29H2,1-2H3,(H,53,65)(H2,49,60,67)(H2,50,61,68)(H2,51,54,55)(H2,52,56,57). The Morgan fingerprint density at radius 3 is 1.57 bits per heavy atom. The van der Waals surface area contributed by atoms with E-state index in [9.17, 15) is 19.2 Å². The molecule has 0 aliphatic heterocycles. The van der Waals surface area contributed by atoms with Gasteiger partial charge in [0.05, 0.1) is 34.4 Å². The molecule has 2 fully saturated rings. The number of nitrogens with zero attached hydrogens (tertiary/aromatic N) is 11. The van der Waals surface area contributed by atoms with E-state index < -0.39 is 22.6 Å². The molecule has 0 unspecified atom stereocenters. The van der Waals surface area contributed by atoms with Crippen LogP contribution in [-0.2, 0) is 33.5 Å². The van der Waals surface area contributed by atoms with Crippen LogP contribution in [0.25, 0.3) is 22.3 Å². The van der Waals surface area contributed by atoms with E-state index in [1.54, 1.807) is 29.7 Å². The summed E-state index contributed by atoms with van der Waals surface area (Å²) in [6.07, 6.45) is 16.6. The van der Waals surface area contributed by atoms with Crippen molar-refractivity contribution in [3.63, 3.8) is 0 Å². The van der Waals surface area contributed by atoms with Crippen LogP contribution < -0.4 is 28.3 Å². The Kier molecular flexibility index (Phi) is 13.5. The fraction of sp³-hybridized carbons (Fsp3) is 0.333. The Morgan fingerprint density at radius 1 is 0.662 bits per heavy atom. The molecule has 0 bridgehead atoms. The molecule has 9 N–H and O–H groups in total. The molecule has 0 atom stereocenters. The van der Waals surface area contributed by atoms with Crippen LogP contribution in [0.15, 0.2) is 108 Å². The Bertz CT molecular complexity index is 2840. The molecule has 350 valence electrons. The Morgan fingerprint density at radius 2 is 1.12 bits per heavy atom. The average molecular weight is 919 g/mol. The fourth-order valence-corrected chi connectivity index (χ4v) is 9.00. The molecule has 0 spiro atoms. The van der Waals surface area contributed by atoms with Crippen molar-refractivity contribution in [2.24, 2.45) is 27.4 Å². The number of anilines is 2. The Labute approximate surface area is 392 Å². The van der Waals surface area contributed by atoms with Gasteiger partial charge in [-0.05, 0) is 74.1 Å². The number of hydrogen-bond donors (Lipinski definition) is 5. The van der Waals surface area contributed by atoms with Crippen LogP contribution in [0.1, 0.15) is 84.2 Å². The molecule has 20 nitrogen and oxygen atoms in total. The fourth-order valence-electron chi connectivity index (χ4n) is 9.00. The first-order chi connectivity index (χ1) is 32.8. The van der Waals surface area contributed by atoms with Gasteiger partial charge in [-0.25, -0.2) is 19.9 Å². The maximum absolute atomic E-state index is 13.5. The third-order valence-electron chi connectivity index (χ3n) is 13.1. The minimum atomic E-state index is -0.754. The SMILES string of the molecule is CCN(CC)C(=O)Cn1cc(C(=O)N=C(N)C2(c3ccc(-c4cnc(N)nc4)cc3)CC(CCNC(=O)Cn3cc(C(=O)N=C(N)C4(c5ccc(-c6cnc(N)nc6)cc5)CCC4)cn3)C2)cn1. The first kappa shape index (κ1) is 46.4. The molecule has 20 heteroatoms. The van der Waals surface area contributed by atoms with E-state index in [0.29, 0.717) is 38.9 Å². The molecule has 2 aliphatic carbocycles. The summed E-state index contributed by atoms with van der Waals surface area (Å²) in [5.74, 6) is -0.573. The number of benzene rings is 2. The third kappa shape index (κ3) is 9.84. The lowest BCUT2D eigenvalue weighted by molar-refractivity contribution is -0.131. The van der Waals surface area contributed by atoms with E-state index in [0.717, 1.165) is 52.6 Å². The quantitative estimate of drug-likeness (QED) is 0.0644. The highest BCUT2D eigenvalue weighted by Gasteiger charge is 2.49. The lowest BCUT2D eigenvalue weighted by Crippen LogP contribution is -2.52. The highest BCUT2D eigenvalue weighted by Crippen LogP contribution is 2.50. The van der Waals surface area contributed by atoms with Gasteiger partial charge >= 0.3 is 0 Å². The van der Waals surface area contributed by atoms with Gasteiger partial charge in [0.15, 0.2) is 0 Å². The normalized spacial score (nSPS) is 17.7. The lowest BCUT2D eigenvalue weighted by Gasteiger charge is -2.48. The van der Waals surface area contributed by atoms with Crippen LogP contribution in [0.5, 0.6) is 0 Å². The van der Waals surface area contributed by atoms with E-state index in [1.807, 2.05) is 62.4 Å². The number of aromatic nitrogens is 8. The molecule has 2 aliphatic rings. The predicted molar refractivity (Wildman–Crippen MR) is 256 cm³/mol. The van der Waals surface area contributed by atoms with E-state index >= 15 is 0 Å². The van der Waals surface area contributed by atoms with E-state index in [-0.39, 0.29) is 65.5 Å². The predicted octanol–water partition coefficient (Wildman–Crippen LogP) is 3.70. The zero-order valence-electron chi connectivity index (χ0n) is 38.0. The summed E-state index contributed by atoms with van der Waals surface area (Å²) in [7, 11) is 0. The van der Waals surface area contributed by atoms with Crippen LogP contribution in [0.2, 0.25) is 0 Å². The highest BCUT2D eigenvalue weighted by atomic mass is 16.2. The molecular weight excluding hydrogens is 865 g/mol. The van der Waals surface area contributed by atoms with Gasteiger partial charge in [0.2, 0.25) is 23.7 Å². The number of rotatable bonds is 17. The molecule has 8 rings (SSSR count). The highest BCUT2D eigenvalue weighted by molar-refractivity contribution is 6.07. The van der Waals surface area contributed by atoms with Crippen molar-refractivity contribution in [2.75, 3.05) is 31.1 Å². The molecule has 4 heterocycles. The topological polar surface area (TPSA) is 300 Å². The second-order valence-electron chi connectivity index (χ2n) is 17.3. The Balaban J connectivity index is 0.877. The monoisotopic (exact) mass is 918 g/mol. The molecular formula is C48H54N16O4. The number of carbonyl (C=O) groups is 4. The minimum absolute atomic E-state index is 0.00231. The zero-order valence-corrected chi connectivity index (χ0v) is 38.0. The van der Waals surface area contributed by atoms with Crippen molar-refractivity contribution in [3.05, 3.63) is 120 Å². The zero-order chi connectivity index (χ0) is 48.0. The maximum atomic E-state index is 13.5. The number of likely N-dealkylation sites (N-methyl/N-ethyl adjacent to an activating group) is 1. The second kappa shape index (κ2) is 19.7. The van der Waals surface area contributed by atoms with Gasteiger partial charge in [-0.1, -0.05) is 55.0 Å². The number of hydrogen-bond acceptors (Lipinski definition) is 12. The van der Waals surface area contributed by atoms with Crippen molar-refractivity contribution in [1.82, 2.24) is 49.7 Å². The molecule has 0 saturated heterocycles. The lowest BCUT2D eigenvalue weighted by atomic mass is 9.57. The molecule has 6 aromatic rings. The summed E-state index contributed by atoms with van der Waals surface area (Å²) in [5, 5.41) is 11.4. The summed E-state index contributed by atoms with van der Waals surface area (Å²) >= 11 is 0. The number of amidine groups is 2. The van der Waals surface area contributed by atoms with Gasteiger partial charge in [-0.2, -0.15) is 20.2 Å². The number of aliphatic imine (C=N–C) groups is 2. The maximum Gasteiger partial charge on any atom is 0.281 e. The molecule has 4 aromatic heterocycles. The van der Waals surface area contributed by atoms with Gasteiger partial charge in [0.1, 0.15) is 24.8 Å². The smallest absolute Gasteiger partial charge is 0.281 e. The van der Waals surface area contributed by atoms with Crippen LogP contribution in [-0.4, -0.2) is 99.3 Å². The van der Waals surface area contributed by atoms with Crippen LogP contribution in [0.3, 0.4) is 0 Å². The summed E-state index contributed by atoms with van der Waals surface area (Å²) < 4.78 is 2.81. The molecule has 68 heavy (non-hydrogen) atoms. The van der Waals surface area contributed by atoms with Gasteiger partial charge < -0.3 is 33.2 Å². The Hall–Kier alpha value is -8.16. The first-order valence-electron chi connectivity index (χ1n) is 22.5. The van der Waals surface area contributed by atoms with Crippen molar-refractivity contribution in [3.8, 4) is 22.3 Å². The molecule has 0 radical (unpaired) electrons. The van der Waals surface area contributed by atoms with Crippen molar-refractivity contribution >= 4 is 47.2 Å². The van der Waals surface area contributed by atoms with Gasteiger partial charge in [0, 0.05) is 67.9 Å². The average Bonchev–Trinajstić information content (AvgIpc) is 3.98. The van der Waals surface area contributed by atoms with E-state index in [4.69, 9.17) is 22.9 Å². The van der Waals surface area contributed by atoms with Gasteiger partial charge in [-0.15, -0.1) is 0 Å². The largest absolute Gasteiger partial charge is 0.386 e. The molecule has 4 amide bonds. The number of nitrogens with two attached hydrogens (primary N) is 4. The number of nitrogens with one attached hydrogen (secondary N) is 1. The van der Waals surface area contributed by atoms with Crippen LogP contribution in [0.4, 0.5) is 11.9 Å².